The summed E-state index contributed by atoms with van der Waals surface area (Å²) in [6, 6.07) is 0. The molecule has 212 valence electrons. The largest absolute Gasteiger partial charge is 0.481 e. The first-order chi connectivity index (χ1) is 17.1. The molecule has 1 unspecified atom stereocenters. The van der Waals surface area contributed by atoms with Crippen LogP contribution in [0.3, 0.4) is 0 Å². The van der Waals surface area contributed by atoms with Gasteiger partial charge in [0.2, 0.25) is 0 Å². The van der Waals surface area contributed by atoms with Crippen LogP contribution in [-0.4, -0.2) is 22.8 Å². The average molecular weight is 499 g/mol. The lowest BCUT2D eigenvalue weighted by atomic mass is 9.95. The third-order valence-corrected chi connectivity index (χ3v) is 7.18. The Bertz CT molecular complexity index is 383. The van der Waals surface area contributed by atoms with E-state index < -0.39 is 5.97 Å². The number of aliphatic carboxylic acids is 1. The van der Waals surface area contributed by atoms with E-state index in [0.29, 0.717) is 18.9 Å². The number of carbonyl (C=O) groups is 1. The number of aliphatic hydroxyl groups is 1. The third-order valence-electron chi connectivity index (χ3n) is 7.18. The number of hydrogen-bond donors (Lipinski definition) is 2. The van der Waals surface area contributed by atoms with E-state index in [1.54, 1.807) is 0 Å². The smallest absolute Gasteiger partial charge is 0.303 e. The maximum atomic E-state index is 10.3. The van der Waals surface area contributed by atoms with E-state index in [2.05, 4.69) is 20.8 Å². The van der Waals surface area contributed by atoms with Crippen molar-refractivity contribution in [3.05, 3.63) is 0 Å². The molecule has 0 aliphatic rings. The molecule has 0 radical (unpaired) electrons. The van der Waals surface area contributed by atoms with Crippen molar-refractivity contribution >= 4 is 5.97 Å². The van der Waals surface area contributed by atoms with Gasteiger partial charge in [-0.05, 0) is 25.2 Å². The molecule has 0 aromatic carbocycles. The Balaban J connectivity index is 0. The van der Waals surface area contributed by atoms with Crippen molar-refractivity contribution in [3.8, 4) is 0 Å². The molecule has 0 saturated heterocycles. The van der Waals surface area contributed by atoms with E-state index >= 15 is 0 Å². The molecule has 3 heteroatoms. The lowest BCUT2D eigenvalue weighted by molar-refractivity contribution is -0.137. The Hall–Kier alpha value is -0.570. The van der Waals surface area contributed by atoms with Crippen molar-refractivity contribution < 1.29 is 15.0 Å². The standard InChI is InChI=1S/C16H32O2.C16H34O/c1-2-3-4-5-6-7-8-9-10-11-12-13-14-15-16(17)18;1-3-5-7-9-10-12-14-16(15-17)13-11-8-6-4-2/h2-15H2,1H3,(H,17,18);16-17H,3-15H2,1-2H3. The van der Waals surface area contributed by atoms with Gasteiger partial charge in [0.1, 0.15) is 0 Å². The summed E-state index contributed by atoms with van der Waals surface area (Å²) in [5.74, 6) is -0.0731. The summed E-state index contributed by atoms with van der Waals surface area (Å²) < 4.78 is 0. The van der Waals surface area contributed by atoms with Gasteiger partial charge in [0.15, 0.2) is 0 Å². The Labute approximate surface area is 221 Å². The summed E-state index contributed by atoms with van der Waals surface area (Å²) in [5.41, 5.74) is 0. The van der Waals surface area contributed by atoms with Gasteiger partial charge in [0, 0.05) is 13.0 Å². The predicted octanol–water partition coefficient (Wildman–Crippen LogP) is 10.9. The van der Waals surface area contributed by atoms with Crippen LogP contribution in [0.5, 0.6) is 0 Å². The maximum Gasteiger partial charge on any atom is 0.303 e. The molecule has 1 atom stereocenters. The summed E-state index contributed by atoms with van der Waals surface area (Å²) in [7, 11) is 0. The Morgan fingerprint density at radius 3 is 1.09 bits per heavy atom. The minimum absolute atomic E-state index is 0.345. The van der Waals surface area contributed by atoms with E-state index in [4.69, 9.17) is 5.11 Å². The fourth-order valence-electron chi connectivity index (χ4n) is 4.69. The highest BCUT2D eigenvalue weighted by Crippen LogP contribution is 2.18. The summed E-state index contributed by atoms with van der Waals surface area (Å²) in [6.07, 6.45) is 33.3. The van der Waals surface area contributed by atoms with Crippen molar-refractivity contribution in [1.29, 1.82) is 0 Å². The molecule has 0 bridgehead atoms. The van der Waals surface area contributed by atoms with Gasteiger partial charge in [-0.25, -0.2) is 0 Å². The van der Waals surface area contributed by atoms with Crippen LogP contribution >= 0.6 is 0 Å². The van der Waals surface area contributed by atoms with Gasteiger partial charge in [-0.1, -0.05) is 162 Å². The first-order valence-electron chi connectivity index (χ1n) is 15.9. The maximum absolute atomic E-state index is 10.3. The number of rotatable bonds is 27. The lowest BCUT2D eigenvalue weighted by Gasteiger charge is -2.13. The van der Waals surface area contributed by atoms with E-state index in [9.17, 15) is 9.90 Å². The molecule has 35 heavy (non-hydrogen) atoms. The van der Waals surface area contributed by atoms with Crippen LogP contribution in [-0.2, 0) is 4.79 Å². The fraction of sp³-hybridized carbons (Fsp3) is 0.969. The SMILES string of the molecule is CCCCCCCCC(CO)CCCCCC.CCCCCCCCCCCCCCCC(=O)O. The normalized spacial score (nSPS) is 11.8. The molecule has 0 amide bonds. The summed E-state index contributed by atoms with van der Waals surface area (Å²) in [6.45, 7) is 7.18. The van der Waals surface area contributed by atoms with Gasteiger partial charge in [-0.3, -0.25) is 4.79 Å². The van der Waals surface area contributed by atoms with E-state index in [-0.39, 0.29) is 0 Å². The quantitative estimate of drug-likeness (QED) is 0.111. The van der Waals surface area contributed by atoms with Crippen LogP contribution in [0, 0.1) is 5.92 Å². The molecule has 3 nitrogen and oxygen atoms in total. The fourth-order valence-corrected chi connectivity index (χ4v) is 4.69. The van der Waals surface area contributed by atoms with Crippen LogP contribution in [0.2, 0.25) is 0 Å². The zero-order chi connectivity index (χ0) is 26.2. The van der Waals surface area contributed by atoms with E-state index in [1.807, 2.05) is 0 Å². The highest BCUT2D eigenvalue weighted by atomic mass is 16.4. The van der Waals surface area contributed by atoms with Crippen LogP contribution in [0.1, 0.15) is 188 Å². The van der Waals surface area contributed by atoms with Crippen molar-refractivity contribution in [2.75, 3.05) is 6.61 Å². The van der Waals surface area contributed by atoms with Crippen LogP contribution in [0.25, 0.3) is 0 Å². The van der Waals surface area contributed by atoms with Gasteiger partial charge in [-0.2, -0.15) is 0 Å². The highest BCUT2D eigenvalue weighted by molar-refractivity contribution is 5.66. The van der Waals surface area contributed by atoms with Gasteiger partial charge in [0.05, 0.1) is 0 Å². The number of aliphatic hydroxyl groups excluding tert-OH is 1. The summed E-state index contributed by atoms with van der Waals surface area (Å²) in [5, 5.41) is 17.8. The molecule has 0 spiro atoms. The first-order valence-corrected chi connectivity index (χ1v) is 15.9. The van der Waals surface area contributed by atoms with Gasteiger partial charge in [-0.15, -0.1) is 0 Å². The van der Waals surface area contributed by atoms with Crippen molar-refractivity contribution in [1.82, 2.24) is 0 Å². The van der Waals surface area contributed by atoms with Crippen molar-refractivity contribution in [3.63, 3.8) is 0 Å². The Morgan fingerprint density at radius 1 is 0.486 bits per heavy atom. The van der Waals surface area contributed by atoms with Crippen molar-refractivity contribution in [2.24, 2.45) is 5.92 Å². The zero-order valence-corrected chi connectivity index (χ0v) is 24.5. The monoisotopic (exact) mass is 499 g/mol. The average Bonchev–Trinajstić information content (AvgIpc) is 2.85. The topological polar surface area (TPSA) is 57.5 Å². The number of carboxylic acid groups (broad SMARTS) is 1. The second kappa shape index (κ2) is 33.4. The molecule has 0 aromatic heterocycles. The third kappa shape index (κ3) is 35.7. The molecule has 0 saturated carbocycles. The van der Waals surface area contributed by atoms with E-state index in [1.165, 1.54) is 148 Å². The molecular formula is C32H66O3. The zero-order valence-electron chi connectivity index (χ0n) is 24.5. The minimum Gasteiger partial charge on any atom is -0.481 e. The Morgan fingerprint density at radius 2 is 0.771 bits per heavy atom. The lowest BCUT2D eigenvalue weighted by Crippen LogP contribution is -2.06. The van der Waals surface area contributed by atoms with Crippen LogP contribution in [0.4, 0.5) is 0 Å². The van der Waals surface area contributed by atoms with Crippen molar-refractivity contribution in [2.45, 2.75) is 188 Å². The molecule has 0 aromatic rings. The van der Waals surface area contributed by atoms with Gasteiger partial charge in [0.25, 0.3) is 0 Å². The second-order valence-corrected chi connectivity index (χ2v) is 10.8. The Kier molecular flexibility index (Phi) is 34.9. The summed E-state index contributed by atoms with van der Waals surface area (Å²) >= 11 is 0. The predicted molar refractivity (Wildman–Crippen MR) is 155 cm³/mol. The molecule has 0 fully saturated rings. The number of unbranched alkanes of at least 4 members (excludes halogenated alkanes) is 20. The summed E-state index contributed by atoms with van der Waals surface area (Å²) in [4.78, 5) is 10.3. The molecule has 0 aliphatic heterocycles. The van der Waals surface area contributed by atoms with Gasteiger partial charge >= 0.3 is 5.97 Å². The van der Waals surface area contributed by atoms with Gasteiger partial charge < -0.3 is 10.2 Å². The van der Waals surface area contributed by atoms with Crippen LogP contribution in [0.15, 0.2) is 0 Å². The molecule has 2 N–H and O–H groups in total. The second-order valence-electron chi connectivity index (χ2n) is 10.8. The minimum atomic E-state index is -0.655. The molecule has 0 heterocycles. The number of hydrogen-bond acceptors (Lipinski definition) is 2. The molecular weight excluding hydrogens is 432 g/mol. The first kappa shape index (κ1) is 36.6. The highest BCUT2D eigenvalue weighted by Gasteiger charge is 2.06. The van der Waals surface area contributed by atoms with Crippen LogP contribution < -0.4 is 0 Å². The number of carboxylic acids is 1. The molecule has 0 aliphatic carbocycles. The van der Waals surface area contributed by atoms with E-state index in [0.717, 1.165) is 12.8 Å². The molecule has 0 rings (SSSR count).